The lowest BCUT2D eigenvalue weighted by molar-refractivity contribution is -0.151. The normalized spacial score (nSPS) is 34.4. The molecule has 0 aromatic carbocycles. The van der Waals surface area contributed by atoms with Gasteiger partial charge < -0.3 is 44.4 Å². The molecule has 0 saturated carbocycles. The number of hydrogen-bond donors (Lipinski definition) is 4. The number of esters is 1. The predicted octanol–water partition coefficient (Wildman–Crippen LogP) is 3.74. The number of likely N-dealkylation sites (N-methyl/N-ethyl adjacent to an activating group) is 1. The molecule has 0 radical (unpaired) electrons. The maximum Gasteiger partial charge on any atom is 0.410 e. The van der Waals surface area contributed by atoms with Crippen molar-refractivity contribution in [2.24, 2.45) is 11.8 Å². The topological polar surface area (TPSA) is 153 Å². The van der Waals surface area contributed by atoms with Crippen molar-refractivity contribution in [1.82, 2.24) is 9.80 Å². The van der Waals surface area contributed by atoms with Crippen molar-refractivity contribution in [3.05, 3.63) is 36.0 Å². The smallest absolute Gasteiger partial charge is 0.410 e. The second-order valence-corrected chi connectivity index (χ2v) is 14.5. The summed E-state index contributed by atoms with van der Waals surface area (Å²) in [5.74, 6) is -0.949. The first-order valence-electron chi connectivity index (χ1n) is 17.4. The summed E-state index contributed by atoms with van der Waals surface area (Å²) in [6.45, 7) is 14.1. The molecule has 11 nitrogen and oxygen atoms in total. The van der Waals surface area contributed by atoms with Gasteiger partial charge in [0.25, 0.3) is 0 Å². The highest BCUT2D eigenvalue weighted by Crippen LogP contribution is 2.37. The van der Waals surface area contributed by atoms with Crippen molar-refractivity contribution in [2.75, 3.05) is 33.2 Å². The van der Waals surface area contributed by atoms with E-state index in [1.807, 2.05) is 27.7 Å². The number of carbonyl (C=O) groups excluding carboxylic acids is 2. The third kappa shape index (κ3) is 12.3. The van der Waals surface area contributed by atoms with Gasteiger partial charge in [-0.3, -0.25) is 4.79 Å². The zero-order valence-electron chi connectivity index (χ0n) is 29.5. The summed E-state index contributed by atoms with van der Waals surface area (Å²) >= 11 is 0. The van der Waals surface area contributed by atoms with E-state index in [0.717, 1.165) is 32.5 Å². The van der Waals surface area contributed by atoms with E-state index >= 15 is 0 Å². The Balaban J connectivity index is 1.72. The minimum Gasteiger partial charge on any atom is -0.457 e. The maximum absolute atomic E-state index is 13.1. The van der Waals surface area contributed by atoms with E-state index in [0.29, 0.717) is 25.0 Å². The first-order valence-corrected chi connectivity index (χ1v) is 17.4. The molecular weight excluding hydrogens is 604 g/mol. The van der Waals surface area contributed by atoms with E-state index in [4.69, 9.17) is 14.2 Å². The first kappa shape index (κ1) is 39.2. The molecule has 3 rings (SSSR count). The van der Waals surface area contributed by atoms with Gasteiger partial charge in [-0.2, -0.15) is 0 Å². The van der Waals surface area contributed by atoms with Crippen molar-refractivity contribution < 1.29 is 44.2 Å². The van der Waals surface area contributed by atoms with Gasteiger partial charge in [-0.25, -0.2) is 4.79 Å². The van der Waals surface area contributed by atoms with Crippen LogP contribution in [0.1, 0.15) is 86.5 Å². The molecule has 0 aromatic heterocycles. The van der Waals surface area contributed by atoms with Gasteiger partial charge in [0, 0.05) is 38.4 Å². The Kier molecular flexibility index (Phi) is 14.5. The quantitative estimate of drug-likeness (QED) is 0.105. The summed E-state index contributed by atoms with van der Waals surface area (Å²) in [7, 11) is 1.68. The Bertz CT molecular complexity index is 1110. The lowest BCUT2D eigenvalue weighted by atomic mass is 9.88. The van der Waals surface area contributed by atoms with Crippen LogP contribution in [0.2, 0.25) is 0 Å². The molecule has 0 bridgehead atoms. The first-order chi connectivity index (χ1) is 22.0. The highest BCUT2D eigenvalue weighted by molar-refractivity contribution is 5.70. The molecule has 268 valence electrons. The lowest BCUT2D eigenvalue weighted by Gasteiger charge is -2.33. The maximum atomic E-state index is 13.1. The van der Waals surface area contributed by atoms with Gasteiger partial charge >= 0.3 is 12.1 Å². The van der Waals surface area contributed by atoms with Crippen LogP contribution in [-0.2, 0) is 19.0 Å². The highest BCUT2D eigenvalue weighted by atomic mass is 16.6. The highest BCUT2D eigenvalue weighted by Gasteiger charge is 2.47. The molecule has 47 heavy (non-hydrogen) atoms. The van der Waals surface area contributed by atoms with E-state index < -0.39 is 47.7 Å². The minimum absolute atomic E-state index is 0.0109. The van der Waals surface area contributed by atoms with Gasteiger partial charge in [-0.1, -0.05) is 45.1 Å². The predicted molar refractivity (Wildman–Crippen MR) is 179 cm³/mol. The van der Waals surface area contributed by atoms with Gasteiger partial charge in [0.1, 0.15) is 11.7 Å². The number of allylic oxidation sites excluding steroid dienone is 2. The van der Waals surface area contributed by atoms with E-state index in [-0.39, 0.29) is 43.3 Å². The number of cyclic esters (lactones) is 1. The number of aliphatic hydroxyl groups excluding tert-OH is 2. The summed E-state index contributed by atoms with van der Waals surface area (Å²) in [6.07, 6.45) is 7.97. The van der Waals surface area contributed by atoms with E-state index in [1.54, 1.807) is 51.3 Å². The number of rotatable bonds is 12. The van der Waals surface area contributed by atoms with Crippen molar-refractivity contribution in [2.45, 2.75) is 134 Å². The Hall–Kier alpha value is -2.28. The molecule has 3 aliphatic rings. The number of aliphatic hydroxyl groups is 4. The van der Waals surface area contributed by atoms with Crippen LogP contribution in [0.25, 0.3) is 0 Å². The van der Waals surface area contributed by atoms with E-state index in [2.05, 4.69) is 4.90 Å². The summed E-state index contributed by atoms with van der Waals surface area (Å²) < 4.78 is 17.4. The van der Waals surface area contributed by atoms with Crippen molar-refractivity contribution in [3.8, 4) is 0 Å². The molecule has 10 atom stereocenters. The standard InChI is InChI=1S/C36H60N2O9/c1-8-28(40)26(4)33-29(45-33)23-35(5,43)16-11-12-24(2)32-25(3)13-14-30(36(6,44)17-15-27(39)22-31(41)47-32)46-34(42)37(7)20-21-38-18-9-10-19-38/h11-14,16,25-30,32-33,39-40,43-44H,8-10,15,17-23H2,1-7H3/b14-13-,16-11+,24-12+. The third-order valence-electron chi connectivity index (χ3n) is 9.86. The molecule has 2 fully saturated rings. The molecular formula is C36H60N2O9. The largest absolute Gasteiger partial charge is 0.457 e. The number of nitrogens with zero attached hydrogens (tertiary/aromatic N) is 2. The zero-order chi connectivity index (χ0) is 34.9. The Morgan fingerprint density at radius 2 is 1.98 bits per heavy atom. The number of carbonyl (C=O) groups is 2. The zero-order valence-corrected chi connectivity index (χ0v) is 29.5. The Morgan fingerprint density at radius 1 is 1.30 bits per heavy atom. The summed E-state index contributed by atoms with van der Waals surface area (Å²) in [4.78, 5) is 29.7. The number of epoxide rings is 1. The van der Waals surface area contributed by atoms with Crippen LogP contribution in [0.3, 0.4) is 0 Å². The van der Waals surface area contributed by atoms with Crippen LogP contribution >= 0.6 is 0 Å². The molecule has 1 amide bonds. The SMILES string of the molecule is CCC(O)C(C)C1OC1CC(C)(O)/C=C/C=C(\C)C1OC(=O)CC(O)CCC(C)(O)C(OC(=O)N(C)CCN2CCCC2)/C=C\C1C. The average molecular weight is 665 g/mol. The lowest BCUT2D eigenvalue weighted by Crippen LogP contribution is -2.45. The van der Waals surface area contributed by atoms with Gasteiger partial charge in [-0.15, -0.1) is 0 Å². The molecule has 0 aromatic rings. The van der Waals surface area contributed by atoms with Gasteiger partial charge in [-0.05, 0) is 77.6 Å². The van der Waals surface area contributed by atoms with Crippen LogP contribution in [0.5, 0.6) is 0 Å². The molecule has 0 spiro atoms. The van der Waals surface area contributed by atoms with Crippen LogP contribution in [0.15, 0.2) is 36.0 Å². The minimum atomic E-state index is -1.49. The fourth-order valence-electron chi connectivity index (χ4n) is 6.39. The molecule has 0 aliphatic carbocycles. The second kappa shape index (κ2) is 17.4. The second-order valence-electron chi connectivity index (χ2n) is 14.5. The van der Waals surface area contributed by atoms with Crippen LogP contribution in [-0.4, -0.2) is 123 Å². The van der Waals surface area contributed by atoms with Gasteiger partial charge in [0.2, 0.25) is 0 Å². The molecule has 3 heterocycles. The number of likely N-dealkylation sites (tertiary alicyclic amines) is 1. The monoisotopic (exact) mass is 664 g/mol. The van der Waals surface area contributed by atoms with Crippen molar-refractivity contribution >= 4 is 12.1 Å². The Morgan fingerprint density at radius 3 is 2.64 bits per heavy atom. The molecule has 4 N–H and O–H groups in total. The number of ether oxygens (including phenoxy) is 3. The van der Waals surface area contributed by atoms with Crippen LogP contribution in [0.4, 0.5) is 4.79 Å². The third-order valence-corrected chi connectivity index (χ3v) is 9.86. The number of amides is 1. The average Bonchev–Trinajstić information content (AvgIpc) is 3.54. The number of hydrogen-bond acceptors (Lipinski definition) is 10. The summed E-state index contributed by atoms with van der Waals surface area (Å²) in [5.41, 5.74) is -1.94. The fraction of sp³-hybridized carbons (Fsp3) is 0.778. The molecule has 3 aliphatic heterocycles. The van der Waals surface area contributed by atoms with E-state index in [1.165, 1.54) is 4.90 Å². The van der Waals surface area contributed by atoms with E-state index in [9.17, 15) is 30.0 Å². The molecule has 10 unspecified atom stereocenters. The van der Waals surface area contributed by atoms with Gasteiger partial charge in [0.15, 0.2) is 6.10 Å². The fourth-order valence-corrected chi connectivity index (χ4v) is 6.39. The molecule has 11 heteroatoms. The van der Waals surface area contributed by atoms with Crippen LogP contribution < -0.4 is 0 Å². The summed E-state index contributed by atoms with van der Waals surface area (Å²) in [5, 5.41) is 43.1. The van der Waals surface area contributed by atoms with Crippen molar-refractivity contribution in [1.29, 1.82) is 0 Å². The van der Waals surface area contributed by atoms with Crippen LogP contribution in [0, 0.1) is 11.8 Å². The van der Waals surface area contributed by atoms with Gasteiger partial charge in [0.05, 0.1) is 36.4 Å². The van der Waals surface area contributed by atoms with Crippen molar-refractivity contribution in [3.63, 3.8) is 0 Å². The Labute approximate surface area is 281 Å². The summed E-state index contributed by atoms with van der Waals surface area (Å²) in [6, 6.07) is 0. The molecule has 2 saturated heterocycles.